The fourth-order valence-electron chi connectivity index (χ4n) is 1.86. The minimum atomic E-state index is -0.00328. The molecule has 0 saturated carbocycles. The van der Waals surface area contributed by atoms with Crippen LogP contribution in [0, 0.1) is 0 Å². The van der Waals surface area contributed by atoms with Crippen molar-refractivity contribution >= 4 is 44.8 Å². The van der Waals surface area contributed by atoms with Crippen LogP contribution in [0.4, 0.5) is 10.3 Å². The minimum Gasteiger partial charge on any atom is -0.302 e. The van der Waals surface area contributed by atoms with E-state index in [9.17, 15) is 9.59 Å². The van der Waals surface area contributed by atoms with Gasteiger partial charge in [0.1, 0.15) is 0 Å². The topological polar surface area (TPSA) is 84.0 Å². The molecule has 2 aromatic rings. The Morgan fingerprint density at radius 3 is 1.64 bits per heavy atom. The predicted molar refractivity (Wildman–Crippen MR) is 89.2 cm³/mol. The fourth-order valence-corrected chi connectivity index (χ4v) is 2.95. The minimum absolute atomic E-state index is 0.00328. The highest BCUT2D eigenvalue weighted by Gasteiger charge is 2.05. The zero-order chi connectivity index (χ0) is 15.6. The highest BCUT2D eigenvalue weighted by Crippen LogP contribution is 2.13. The lowest BCUT2D eigenvalue weighted by molar-refractivity contribution is -0.117. The van der Waals surface area contributed by atoms with Crippen LogP contribution >= 0.6 is 22.7 Å². The van der Waals surface area contributed by atoms with Crippen LogP contribution in [0.1, 0.15) is 38.5 Å². The van der Waals surface area contributed by atoms with Crippen LogP contribution in [0.5, 0.6) is 0 Å². The Labute approximate surface area is 137 Å². The Balaban J connectivity index is 1.47. The Morgan fingerprint density at radius 2 is 1.27 bits per heavy atom. The molecule has 0 radical (unpaired) electrons. The number of carbonyl (C=O) groups is 2. The van der Waals surface area contributed by atoms with E-state index in [4.69, 9.17) is 0 Å². The fraction of sp³-hybridized carbons (Fsp3) is 0.429. The quantitative estimate of drug-likeness (QED) is 0.685. The number of unbranched alkanes of at least 4 members (excludes halogenated alkanes) is 3. The normalized spacial score (nSPS) is 10.4. The SMILES string of the molecule is O=C(CCCCCCC(=O)Nc1nccs1)Nc1nccs1. The van der Waals surface area contributed by atoms with Crippen molar-refractivity contribution in [3.05, 3.63) is 23.2 Å². The smallest absolute Gasteiger partial charge is 0.226 e. The van der Waals surface area contributed by atoms with Gasteiger partial charge in [0.25, 0.3) is 0 Å². The summed E-state index contributed by atoms with van der Waals surface area (Å²) in [6.07, 6.45) is 7.84. The zero-order valence-corrected chi connectivity index (χ0v) is 13.7. The van der Waals surface area contributed by atoms with Crippen molar-refractivity contribution < 1.29 is 9.59 Å². The van der Waals surface area contributed by atoms with Gasteiger partial charge in [-0.2, -0.15) is 0 Å². The second kappa shape index (κ2) is 9.26. The molecule has 2 heterocycles. The van der Waals surface area contributed by atoms with Gasteiger partial charge in [-0.05, 0) is 12.8 Å². The molecule has 22 heavy (non-hydrogen) atoms. The number of aromatic nitrogens is 2. The van der Waals surface area contributed by atoms with Crippen LogP contribution in [-0.4, -0.2) is 21.8 Å². The lowest BCUT2D eigenvalue weighted by Crippen LogP contribution is -2.11. The van der Waals surface area contributed by atoms with Gasteiger partial charge in [-0.1, -0.05) is 12.8 Å². The van der Waals surface area contributed by atoms with Gasteiger partial charge in [-0.3, -0.25) is 9.59 Å². The molecule has 2 aromatic heterocycles. The third-order valence-corrected chi connectivity index (χ3v) is 4.29. The third kappa shape index (κ3) is 6.31. The number of hydrogen-bond donors (Lipinski definition) is 2. The third-order valence-electron chi connectivity index (χ3n) is 2.92. The summed E-state index contributed by atoms with van der Waals surface area (Å²) in [6.45, 7) is 0. The van der Waals surface area contributed by atoms with Gasteiger partial charge in [0.2, 0.25) is 11.8 Å². The van der Waals surface area contributed by atoms with Crippen LogP contribution in [-0.2, 0) is 9.59 Å². The van der Waals surface area contributed by atoms with Crippen LogP contribution in [0.15, 0.2) is 23.2 Å². The van der Waals surface area contributed by atoms with Crippen molar-refractivity contribution in [2.75, 3.05) is 10.6 Å². The molecule has 0 fully saturated rings. The van der Waals surface area contributed by atoms with Gasteiger partial charge in [-0.25, -0.2) is 9.97 Å². The van der Waals surface area contributed by atoms with Gasteiger partial charge >= 0.3 is 0 Å². The van der Waals surface area contributed by atoms with E-state index < -0.39 is 0 Å². The van der Waals surface area contributed by atoms with Crippen molar-refractivity contribution in [1.29, 1.82) is 0 Å². The number of thiazole rings is 2. The lowest BCUT2D eigenvalue weighted by Gasteiger charge is -2.03. The molecule has 6 nitrogen and oxygen atoms in total. The van der Waals surface area contributed by atoms with Gasteiger partial charge < -0.3 is 10.6 Å². The average Bonchev–Trinajstić information content (AvgIpc) is 3.16. The molecule has 0 aliphatic carbocycles. The van der Waals surface area contributed by atoms with Gasteiger partial charge in [0, 0.05) is 36.0 Å². The van der Waals surface area contributed by atoms with E-state index in [0.717, 1.165) is 25.7 Å². The predicted octanol–water partition coefficient (Wildman–Crippen LogP) is 3.52. The Bertz CT molecular complexity index is 517. The number of anilines is 2. The summed E-state index contributed by atoms with van der Waals surface area (Å²) in [6, 6.07) is 0. The molecule has 0 unspecified atom stereocenters. The van der Waals surface area contributed by atoms with Crippen molar-refractivity contribution in [1.82, 2.24) is 9.97 Å². The van der Waals surface area contributed by atoms with E-state index in [2.05, 4.69) is 20.6 Å². The molecule has 0 aromatic carbocycles. The number of nitrogens with zero attached hydrogens (tertiary/aromatic N) is 2. The Hall–Kier alpha value is -1.80. The summed E-state index contributed by atoms with van der Waals surface area (Å²) < 4.78 is 0. The molecule has 2 rings (SSSR count). The summed E-state index contributed by atoms with van der Waals surface area (Å²) in [5, 5.41) is 10.4. The summed E-state index contributed by atoms with van der Waals surface area (Å²) in [7, 11) is 0. The number of amides is 2. The number of nitrogens with one attached hydrogen (secondary N) is 2. The van der Waals surface area contributed by atoms with E-state index in [0.29, 0.717) is 23.1 Å². The van der Waals surface area contributed by atoms with E-state index in [1.807, 2.05) is 10.8 Å². The molecule has 0 aliphatic rings. The summed E-state index contributed by atoms with van der Waals surface area (Å²) >= 11 is 2.82. The maximum Gasteiger partial charge on any atom is 0.226 e. The van der Waals surface area contributed by atoms with Gasteiger partial charge in [0.15, 0.2) is 10.3 Å². The van der Waals surface area contributed by atoms with Gasteiger partial charge in [-0.15, -0.1) is 22.7 Å². The number of carbonyl (C=O) groups excluding carboxylic acids is 2. The molecule has 118 valence electrons. The summed E-state index contributed by atoms with van der Waals surface area (Å²) in [5.41, 5.74) is 0. The molecule has 0 spiro atoms. The van der Waals surface area contributed by atoms with E-state index >= 15 is 0 Å². The Kier molecular flexibility index (Phi) is 6.98. The average molecular weight is 338 g/mol. The zero-order valence-electron chi connectivity index (χ0n) is 12.1. The van der Waals surface area contributed by atoms with Crippen molar-refractivity contribution in [3.63, 3.8) is 0 Å². The largest absolute Gasteiger partial charge is 0.302 e. The first-order valence-corrected chi connectivity index (χ1v) is 8.88. The van der Waals surface area contributed by atoms with Gasteiger partial charge in [0.05, 0.1) is 0 Å². The molecular formula is C14H18N4O2S2. The molecule has 2 amide bonds. The van der Waals surface area contributed by atoms with Crippen LogP contribution in [0.25, 0.3) is 0 Å². The van der Waals surface area contributed by atoms with Crippen molar-refractivity contribution in [2.24, 2.45) is 0 Å². The lowest BCUT2D eigenvalue weighted by atomic mass is 10.1. The highest BCUT2D eigenvalue weighted by atomic mass is 32.1. The van der Waals surface area contributed by atoms with Crippen molar-refractivity contribution in [2.45, 2.75) is 38.5 Å². The first-order valence-electron chi connectivity index (χ1n) is 7.13. The maximum absolute atomic E-state index is 11.6. The summed E-state index contributed by atoms with van der Waals surface area (Å²) in [5.74, 6) is -0.00655. The molecule has 0 saturated heterocycles. The van der Waals surface area contributed by atoms with Crippen LogP contribution < -0.4 is 10.6 Å². The Morgan fingerprint density at radius 1 is 0.818 bits per heavy atom. The monoisotopic (exact) mass is 338 g/mol. The first kappa shape index (κ1) is 16.6. The second-order valence-corrected chi connectivity index (χ2v) is 6.47. The first-order chi connectivity index (χ1) is 10.7. The van der Waals surface area contributed by atoms with E-state index in [1.54, 1.807) is 12.4 Å². The standard InChI is InChI=1S/C14H18N4O2S2/c19-11(17-13-15-7-9-21-13)5-3-1-2-4-6-12(20)18-14-16-8-10-22-14/h7-10H,1-6H2,(H,15,17,19)(H,16,18,20). The van der Waals surface area contributed by atoms with E-state index in [-0.39, 0.29) is 11.8 Å². The van der Waals surface area contributed by atoms with E-state index in [1.165, 1.54) is 22.7 Å². The second-order valence-electron chi connectivity index (χ2n) is 4.69. The highest BCUT2D eigenvalue weighted by molar-refractivity contribution is 7.14. The molecular weight excluding hydrogens is 320 g/mol. The molecule has 0 aliphatic heterocycles. The molecule has 2 N–H and O–H groups in total. The molecule has 8 heteroatoms. The molecule has 0 atom stereocenters. The summed E-state index contributed by atoms with van der Waals surface area (Å²) in [4.78, 5) is 31.2. The number of rotatable bonds is 9. The van der Waals surface area contributed by atoms with Crippen LogP contribution in [0.3, 0.4) is 0 Å². The van der Waals surface area contributed by atoms with Crippen LogP contribution in [0.2, 0.25) is 0 Å². The number of hydrogen-bond acceptors (Lipinski definition) is 6. The maximum atomic E-state index is 11.6. The van der Waals surface area contributed by atoms with Crippen molar-refractivity contribution in [3.8, 4) is 0 Å². The molecule has 0 bridgehead atoms.